The third-order valence-corrected chi connectivity index (χ3v) is 4.67. The molecule has 1 aromatic heterocycles. The van der Waals surface area contributed by atoms with Crippen LogP contribution in [0.25, 0.3) is 0 Å². The number of amides is 2. The first-order valence-electron chi connectivity index (χ1n) is 7.27. The lowest BCUT2D eigenvalue weighted by atomic mass is 10.2. The van der Waals surface area contributed by atoms with Gasteiger partial charge in [0.25, 0.3) is 11.8 Å². The minimum atomic E-state index is -0.514. The molecule has 25 heavy (non-hydrogen) atoms. The predicted molar refractivity (Wildman–Crippen MR) is 102 cm³/mol. The molecule has 2 aromatic rings. The maximum atomic E-state index is 13.0. The lowest BCUT2D eigenvalue weighted by Gasteiger charge is -2.05. The van der Waals surface area contributed by atoms with Gasteiger partial charge >= 0.3 is 0 Å². The van der Waals surface area contributed by atoms with Gasteiger partial charge in [-0.2, -0.15) is 0 Å². The highest BCUT2D eigenvalue weighted by Crippen LogP contribution is 2.28. The second-order valence-corrected chi connectivity index (χ2v) is 6.56. The maximum Gasteiger partial charge on any atom is 0.261 e. The molecule has 9 heteroatoms. The summed E-state index contributed by atoms with van der Waals surface area (Å²) in [7, 11) is 0. The van der Waals surface area contributed by atoms with Crippen molar-refractivity contribution >= 4 is 52.2 Å². The number of rotatable bonds is 6. The molecule has 0 radical (unpaired) electrons. The van der Waals surface area contributed by atoms with Gasteiger partial charge in [0.15, 0.2) is 0 Å². The molecule has 0 spiro atoms. The Morgan fingerprint density at radius 1 is 1.28 bits per heavy atom. The molecule has 1 heterocycles. The van der Waals surface area contributed by atoms with Crippen LogP contribution in [-0.4, -0.2) is 24.9 Å². The number of hydrogen-bond donors (Lipinski definition) is 3. The Kier molecular flexibility index (Phi) is 8.31. The summed E-state index contributed by atoms with van der Waals surface area (Å²) in [5.41, 5.74) is 6.31. The standard InChI is InChI=1S/C16H17ClFN3O2S.ClH/c1-9-7-13(24-14(9)16(23)20-6-2-5-19)21-15(22)11-4-3-10(18)8-12(11)17;/h3-4,7-8H,2,5-6,19H2,1H3,(H,20,23)(H,21,22);1H. The molecule has 0 saturated carbocycles. The van der Waals surface area contributed by atoms with Crippen molar-refractivity contribution in [3.63, 3.8) is 0 Å². The molecule has 0 atom stereocenters. The summed E-state index contributed by atoms with van der Waals surface area (Å²) in [6.45, 7) is 2.79. The van der Waals surface area contributed by atoms with Gasteiger partial charge in [-0.1, -0.05) is 11.6 Å². The first kappa shape index (κ1) is 21.4. The van der Waals surface area contributed by atoms with Gasteiger partial charge < -0.3 is 16.4 Å². The van der Waals surface area contributed by atoms with E-state index >= 15 is 0 Å². The number of carbonyl (C=O) groups excluding carboxylic acids is 2. The number of halogens is 3. The van der Waals surface area contributed by atoms with Crippen molar-refractivity contribution in [3.05, 3.63) is 51.1 Å². The van der Waals surface area contributed by atoms with E-state index in [9.17, 15) is 14.0 Å². The van der Waals surface area contributed by atoms with Gasteiger partial charge in [0.1, 0.15) is 5.82 Å². The third kappa shape index (κ3) is 5.67. The van der Waals surface area contributed by atoms with E-state index < -0.39 is 11.7 Å². The third-order valence-electron chi connectivity index (χ3n) is 3.20. The molecule has 0 aliphatic carbocycles. The van der Waals surface area contributed by atoms with E-state index in [0.717, 1.165) is 17.7 Å². The fraction of sp³-hybridized carbons (Fsp3) is 0.250. The van der Waals surface area contributed by atoms with Crippen molar-refractivity contribution < 1.29 is 14.0 Å². The maximum absolute atomic E-state index is 13.0. The van der Waals surface area contributed by atoms with Crippen molar-refractivity contribution in [1.82, 2.24) is 5.32 Å². The van der Waals surface area contributed by atoms with Crippen LogP contribution in [0.5, 0.6) is 0 Å². The molecule has 1 aromatic carbocycles. The second kappa shape index (κ2) is 9.72. The fourth-order valence-corrected chi connectivity index (χ4v) is 3.24. The van der Waals surface area contributed by atoms with Gasteiger partial charge in [-0.15, -0.1) is 23.7 Å². The van der Waals surface area contributed by atoms with E-state index in [1.54, 1.807) is 13.0 Å². The molecule has 0 saturated heterocycles. The van der Waals surface area contributed by atoms with Crippen LogP contribution in [0.4, 0.5) is 9.39 Å². The Hall–Kier alpha value is -1.67. The summed E-state index contributed by atoms with van der Waals surface area (Å²) < 4.78 is 13.0. The zero-order valence-corrected chi connectivity index (χ0v) is 15.8. The highest BCUT2D eigenvalue weighted by Gasteiger charge is 2.16. The van der Waals surface area contributed by atoms with Crippen LogP contribution in [0, 0.1) is 12.7 Å². The summed E-state index contributed by atoms with van der Waals surface area (Å²) in [5, 5.41) is 5.99. The lowest BCUT2D eigenvalue weighted by Crippen LogP contribution is -2.25. The van der Waals surface area contributed by atoms with E-state index in [2.05, 4.69) is 10.6 Å². The van der Waals surface area contributed by atoms with Crippen LogP contribution in [0.2, 0.25) is 5.02 Å². The van der Waals surface area contributed by atoms with Crippen LogP contribution >= 0.6 is 35.3 Å². The highest BCUT2D eigenvalue weighted by molar-refractivity contribution is 7.18. The van der Waals surface area contributed by atoms with E-state index in [-0.39, 0.29) is 28.9 Å². The van der Waals surface area contributed by atoms with Crippen molar-refractivity contribution in [3.8, 4) is 0 Å². The molecule has 0 aliphatic rings. The first-order valence-corrected chi connectivity index (χ1v) is 8.47. The van der Waals surface area contributed by atoms with Crippen molar-refractivity contribution in [2.24, 2.45) is 5.73 Å². The number of nitrogens with two attached hydrogens (primary N) is 1. The quantitative estimate of drug-likeness (QED) is 0.641. The van der Waals surface area contributed by atoms with Crippen LogP contribution < -0.4 is 16.4 Å². The van der Waals surface area contributed by atoms with Crippen LogP contribution in [0.15, 0.2) is 24.3 Å². The molecule has 4 N–H and O–H groups in total. The van der Waals surface area contributed by atoms with Crippen molar-refractivity contribution in [1.29, 1.82) is 0 Å². The summed E-state index contributed by atoms with van der Waals surface area (Å²) in [6, 6.07) is 5.26. The summed E-state index contributed by atoms with van der Waals surface area (Å²) in [4.78, 5) is 24.8. The minimum Gasteiger partial charge on any atom is -0.351 e. The monoisotopic (exact) mass is 405 g/mol. The van der Waals surface area contributed by atoms with Crippen LogP contribution in [0.3, 0.4) is 0 Å². The predicted octanol–water partition coefficient (Wildman–Crippen LogP) is 3.60. The van der Waals surface area contributed by atoms with Gasteiger partial charge in [-0.3, -0.25) is 9.59 Å². The SMILES string of the molecule is Cc1cc(NC(=O)c2ccc(F)cc2Cl)sc1C(=O)NCCCN.Cl. The Bertz CT molecular complexity index is 768. The normalized spacial score (nSPS) is 10.1. The molecule has 0 unspecified atom stereocenters. The van der Waals surface area contributed by atoms with Gasteiger partial charge in [0, 0.05) is 6.54 Å². The zero-order valence-electron chi connectivity index (χ0n) is 13.4. The topological polar surface area (TPSA) is 84.2 Å². The van der Waals surface area contributed by atoms with Crippen LogP contribution in [-0.2, 0) is 0 Å². The zero-order chi connectivity index (χ0) is 17.7. The van der Waals surface area contributed by atoms with E-state index in [1.165, 1.54) is 17.4 Å². The minimum absolute atomic E-state index is 0. The lowest BCUT2D eigenvalue weighted by molar-refractivity contribution is 0.0956. The Balaban J connectivity index is 0.00000312. The van der Waals surface area contributed by atoms with E-state index in [0.29, 0.717) is 29.4 Å². The number of thiophene rings is 1. The van der Waals surface area contributed by atoms with Gasteiger partial charge in [-0.25, -0.2) is 4.39 Å². The Morgan fingerprint density at radius 3 is 2.64 bits per heavy atom. The molecular formula is C16H18Cl2FN3O2S. The number of hydrogen-bond acceptors (Lipinski definition) is 4. The van der Waals surface area contributed by atoms with Gasteiger partial charge in [0.05, 0.1) is 20.5 Å². The summed E-state index contributed by atoms with van der Waals surface area (Å²) in [5.74, 6) is -1.18. The highest BCUT2D eigenvalue weighted by atomic mass is 35.5. The molecular weight excluding hydrogens is 388 g/mol. The summed E-state index contributed by atoms with van der Waals surface area (Å²) >= 11 is 7.04. The fourth-order valence-electron chi connectivity index (χ4n) is 2.01. The number of carbonyl (C=O) groups is 2. The van der Waals surface area contributed by atoms with Crippen LogP contribution in [0.1, 0.15) is 32.0 Å². The molecule has 136 valence electrons. The number of aryl methyl sites for hydroxylation is 1. The molecule has 0 aliphatic heterocycles. The second-order valence-electron chi connectivity index (χ2n) is 5.10. The Morgan fingerprint density at radius 2 is 2.00 bits per heavy atom. The average Bonchev–Trinajstić information content (AvgIpc) is 2.87. The number of nitrogens with one attached hydrogen (secondary N) is 2. The van der Waals surface area contributed by atoms with Gasteiger partial charge in [-0.05, 0) is 49.7 Å². The van der Waals surface area contributed by atoms with Gasteiger partial charge in [0.2, 0.25) is 0 Å². The van der Waals surface area contributed by atoms with Crippen molar-refractivity contribution in [2.75, 3.05) is 18.4 Å². The molecule has 5 nitrogen and oxygen atoms in total. The molecule has 0 bridgehead atoms. The first-order chi connectivity index (χ1) is 11.4. The largest absolute Gasteiger partial charge is 0.351 e. The van der Waals surface area contributed by atoms with E-state index in [4.69, 9.17) is 17.3 Å². The summed E-state index contributed by atoms with van der Waals surface area (Å²) in [6.07, 6.45) is 0.697. The molecule has 2 amide bonds. The smallest absolute Gasteiger partial charge is 0.261 e. The molecule has 2 rings (SSSR count). The molecule has 0 fully saturated rings. The Labute approximate surface area is 160 Å². The number of anilines is 1. The van der Waals surface area contributed by atoms with Crippen molar-refractivity contribution in [2.45, 2.75) is 13.3 Å². The average molecular weight is 406 g/mol. The van der Waals surface area contributed by atoms with E-state index in [1.807, 2.05) is 0 Å². The number of benzene rings is 1.